The van der Waals surface area contributed by atoms with Crippen molar-refractivity contribution in [2.75, 3.05) is 26.7 Å². The topological polar surface area (TPSA) is 58.6 Å². The molecule has 0 saturated carbocycles. The molecule has 3 rings (SSSR count). The van der Waals surface area contributed by atoms with E-state index < -0.39 is 10.0 Å². The minimum atomic E-state index is -3.55. The number of ether oxygens (including phenoxy) is 1. The molecule has 5 nitrogen and oxygen atoms in total. The van der Waals surface area contributed by atoms with Crippen LogP contribution in [0.15, 0.2) is 53.4 Å². The zero-order valence-corrected chi connectivity index (χ0v) is 16.1. The van der Waals surface area contributed by atoms with Crippen molar-refractivity contribution >= 4 is 10.0 Å². The van der Waals surface area contributed by atoms with Gasteiger partial charge in [0, 0.05) is 12.1 Å². The zero-order chi connectivity index (χ0) is 18.6. The Hall–Kier alpha value is -1.89. The first-order chi connectivity index (χ1) is 12.5. The summed E-state index contributed by atoms with van der Waals surface area (Å²) in [6.07, 6.45) is 2.27. The zero-order valence-electron chi connectivity index (χ0n) is 15.3. The molecule has 0 amide bonds. The van der Waals surface area contributed by atoms with E-state index in [1.54, 1.807) is 19.2 Å². The summed E-state index contributed by atoms with van der Waals surface area (Å²) in [5.41, 5.74) is 2.05. The molecule has 1 saturated heterocycles. The summed E-state index contributed by atoms with van der Waals surface area (Å²) >= 11 is 0. The Morgan fingerprint density at radius 1 is 1.08 bits per heavy atom. The van der Waals surface area contributed by atoms with Crippen molar-refractivity contribution in [3.8, 4) is 5.75 Å². The minimum Gasteiger partial charge on any atom is -0.496 e. The Morgan fingerprint density at radius 3 is 2.38 bits per heavy atom. The van der Waals surface area contributed by atoms with Crippen LogP contribution in [0.2, 0.25) is 0 Å². The monoisotopic (exact) mass is 374 g/mol. The van der Waals surface area contributed by atoms with Gasteiger partial charge in [0.15, 0.2) is 0 Å². The molecule has 0 aliphatic carbocycles. The molecule has 1 fully saturated rings. The maximum atomic E-state index is 12.7. The van der Waals surface area contributed by atoms with Crippen LogP contribution >= 0.6 is 0 Å². The number of sulfonamides is 1. The Morgan fingerprint density at radius 2 is 1.73 bits per heavy atom. The van der Waals surface area contributed by atoms with Crippen LogP contribution in [-0.4, -0.2) is 40.1 Å². The SMILES string of the molecule is COc1ccccc1C(CNS(=O)(=O)c1ccc(C)cc1)N1CCCC1. The van der Waals surface area contributed by atoms with Crippen molar-refractivity contribution in [3.05, 3.63) is 59.7 Å². The molecule has 2 aromatic carbocycles. The average Bonchev–Trinajstić information content (AvgIpc) is 3.17. The predicted molar refractivity (Wildman–Crippen MR) is 103 cm³/mol. The summed E-state index contributed by atoms with van der Waals surface area (Å²) in [5.74, 6) is 0.791. The number of hydrogen-bond acceptors (Lipinski definition) is 4. The van der Waals surface area contributed by atoms with Crippen molar-refractivity contribution in [3.63, 3.8) is 0 Å². The van der Waals surface area contributed by atoms with E-state index in [1.165, 1.54) is 0 Å². The normalized spacial score (nSPS) is 16.5. The molecular formula is C20H26N2O3S. The molecule has 2 aromatic rings. The lowest BCUT2D eigenvalue weighted by Crippen LogP contribution is -2.37. The molecule has 0 aromatic heterocycles. The highest BCUT2D eigenvalue weighted by Gasteiger charge is 2.27. The van der Waals surface area contributed by atoms with E-state index in [9.17, 15) is 8.42 Å². The molecule has 1 aliphatic rings. The van der Waals surface area contributed by atoms with Crippen LogP contribution in [-0.2, 0) is 10.0 Å². The van der Waals surface area contributed by atoms with Crippen LogP contribution in [0.5, 0.6) is 5.75 Å². The van der Waals surface area contributed by atoms with Gasteiger partial charge in [-0.25, -0.2) is 13.1 Å². The second kappa shape index (κ2) is 8.20. The molecule has 0 radical (unpaired) electrons. The minimum absolute atomic E-state index is 0.0473. The first-order valence-corrected chi connectivity index (χ1v) is 10.4. The molecular weight excluding hydrogens is 348 g/mol. The second-order valence-corrected chi connectivity index (χ2v) is 8.43. The first kappa shape index (κ1) is 18.9. The number of nitrogens with zero attached hydrogens (tertiary/aromatic N) is 1. The van der Waals surface area contributed by atoms with E-state index in [0.717, 1.165) is 42.8 Å². The van der Waals surface area contributed by atoms with Crippen LogP contribution in [0.25, 0.3) is 0 Å². The number of benzene rings is 2. The third-order valence-electron chi connectivity index (χ3n) is 4.88. The van der Waals surface area contributed by atoms with Crippen LogP contribution in [0.1, 0.15) is 30.0 Å². The average molecular weight is 375 g/mol. The molecule has 1 N–H and O–H groups in total. The smallest absolute Gasteiger partial charge is 0.240 e. The summed E-state index contributed by atoms with van der Waals surface area (Å²) in [6, 6.07) is 14.7. The number of methoxy groups -OCH3 is 1. The third-order valence-corrected chi connectivity index (χ3v) is 6.32. The molecule has 1 unspecified atom stereocenters. The molecule has 6 heteroatoms. The van der Waals surface area contributed by atoms with Crippen molar-refractivity contribution < 1.29 is 13.2 Å². The van der Waals surface area contributed by atoms with Gasteiger partial charge in [-0.1, -0.05) is 35.9 Å². The van der Waals surface area contributed by atoms with Crippen molar-refractivity contribution in [2.45, 2.75) is 30.7 Å². The highest BCUT2D eigenvalue weighted by Crippen LogP contribution is 2.31. The van der Waals surface area contributed by atoms with E-state index in [0.29, 0.717) is 11.4 Å². The summed E-state index contributed by atoms with van der Waals surface area (Å²) in [5, 5.41) is 0. The predicted octanol–water partition coefficient (Wildman–Crippen LogP) is 3.12. The first-order valence-electron chi connectivity index (χ1n) is 8.94. The van der Waals surface area contributed by atoms with Crippen LogP contribution in [0.4, 0.5) is 0 Å². The maximum Gasteiger partial charge on any atom is 0.240 e. The highest BCUT2D eigenvalue weighted by molar-refractivity contribution is 7.89. The standard InChI is InChI=1S/C20H26N2O3S/c1-16-9-11-17(12-10-16)26(23,24)21-15-19(22-13-5-6-14-22)18-7-3-4-8-20(18)25-2/h3-4,7-12,19,21H,5-6,13-15H2,1-2H3. The number of hydrogen-bond donors (Lipinski definition) is 1. The van der Waals surface area contributed by atoms with Gasteiger partial charge in [0.1, 0.15) is 5.75 Å². The Kier molecular flexibility index (Phi) is 5.96. The van der Waals surface area contributed by atoms with Gasteiger partial charge >= 0.3 is 0 Å². The van der Waals surface area contributed by atoms with Gasteiger partial charge < -0.3 is 4.74 Å². The van der Waals surface area contributed by atoms with E-state index >= 15 is 0 Å². The number of likely N-dealkylation sites (tertiary alicyclic amines) is 1. The molecule has 26 heavy (non-hydrogen) atoms. The van der Waals surface area contributed by atoms with Gasteiger partial charge in [0.05, 0.1) is 18.0 Å². The fraction of sp³-hybridized carbons (Fsp3) is 0.400. The fourth-order valence-electron chi connectivity index (χ4n) is 3.42. The maximum absolute atomic E-state index is 12.7. The molecule has 1 atom stereocenters. The fourth-order valence-corrected chi connectivity index (χ4v) is 4.46. The van der Waals surface area contributed by atoms with E-state index in [2.05, 4.69) is 9.62 Å². The van der Waals surface area contributed by atoms with Gasteiger partial charge in [-0.05, 0) is 51.1 Å². The third kappa shape index (κ3) is 4.26. The van der Waals surface area contributed by atoms with E-state index in [4.69, 9.17) is 4.74 Å². The summed E-state index contributed by atoms with van der Waals surface area (Å²) in [4.78, 5) is 2.62. The quantitative estimate of drug-likeness (QED) is 0.809. The summed E-state index contributed by atoms with van der Waals surface area (Å²) < 4.78 is 33.7. The van der Waals surface area contributed by atoms with Crippen molar-refractivity contribution in [1.82, 2.24) is 9.62 Å². The Bertz CT molecular complexity index is 828. The second-order valence-electron chi connectivity index (χ2n) is 6.67. The van der Waals surface area contributed by atoms with Crippen molar-refractivity contribution in [1.29, 1.82) is 0 Å². The largest absolute Gasteiger partial charge is 0.496 e. The molecule has 0 spiro atoms. The summed E-state index contributed by atoms with van der Waals surface area (Å²) in [6.45, 7) is 4.19. The van der Waals surface area contributed by atoms with Crippen molar-refractivity contribution in [2.24, 2.45) is 0 Å². The van der Waals surface area contributed by atoms with Gasteiger partial charge in [0.2, 0.25) is 10.0 Å². The highest BCUT2D eigenvalue weighted by atomic mass is 32.2. The summed E-state index contributed by atoms with van der Waals surface area (Å²) in [7, 11) is -1.90. The van der Waals surface area contributed by atoms with Gasteiger partial charge in [-0.15, -0.1) is 0 Å². The van der Waals surface area contributed by atoms with Gasteiger partial charge in [0.25, 0.3) is 0 Å². The van der Waals surface area contributed by atoms with Crippen LogP contribution in [0.3, 0.4) is 0 Å². The molecule has 1 aliphatic heterocycles. The number of para-hydroxylation sites is 1. The molecule has 140 valence electrons. The van der Waals surface area contributed by atoms with Crippen LogP contribution in [0, 0.1) is 6.92 Å². The number of nitrogens with one attached hydrogen (secondary N) is 1. The van der Waals surface area contributed by atoms with Gasteiger partial charge in [-0.2, -0.15) is 0 Å². The lowest BCUT2D eigenvalue weighted by atomic mass is 10.0. The number of rotatable bonds is 7. The lowest BCUT2D eigenvalue weighted by molar-refractivity contribution is 0.240. The molecule has 1 heterocycles. The van der Waals surface area contributed by atoms with E-state index in [-0.39, 0.29) is 6.04 Å². The van der Waals surface area contributed by atoms with Crippen LogP contribution < -0.4 is 9.46 Å². The lowest BCUT2D eigenvalue weighted by Gasteiger charge is -2.29. The number of aryl methyl sites for hydroxylation is 1. The Balaban J connectivity index is 1.83. The van der Waals surface area contributed by atoms with E-state index in [1.807, 2.05) is 43.3 Å². The van der Waals surface area contributed by atoms with Gasteiger partial charge in [-0.3, -0.25) is 4.90 Å². The molecule has 0 bridgehead atoms. The Labute approximate surface area is 156 Å².